The highest BCUT2D eigenvalue weighted by atomic mass is 19.4. The maximum Gasteiger partial charge on any atom is 0.416 e. The second-order valence-corrected chi connectivity index (χ2v) is 10.3. The zero-order valence-electron chi connectivity index (χ0n) is 20.7. The standard InChI is InChI=1S/C25H30F3N7O2/c1-24(2,37)15-8-10-34(11-9-15)21-19-14-30-35(18-5-3-4-16(12-18)25(26,27)28)22(19)33-23(32-21)31-17-6-7-20(36)29-13-17/h3-5,12,14-15,17,37H,6-11,13H2,1-2H3,(H,29,36)(H,31,32,33)/t17-/m0/s1. The molecule has 0 bridgehead atoms. The third-order valence-corrected chi connectivity index (χ3v) is 7.22. The van der Waals surface area contributed by atoms with Gasteiger partial charge in [-0.15, -0.1) is 0 Å². The van der Waals surface area contributed by atoms with Gasteiger partial charge in [-0.3, -0.25) is 4.79 Å². The summed E-state index contributed by atoms with van der Waals surface area (Å²) in [6.45, 7) is 5.39. The average Bonchev–Trinajstić information content (AvgIpc) is 3.28. The lowest BCUT2D eigenvalue weighted by atomic mass is 9.83. The molecule has 5 rings (SSSR count). The zero-order chi connectivity index (χ0) is 26.4. The van der Waals surface area contributed by atoms with Crippen LogP contribution in [0.15, 0.2) is 30.5 Å². The van der Waals surface area contributed by atoms with Crippen molar-refractivity contribution >= 4 is 28.7 Å². The van der Waals surface area contributed by atoms with Crippen molar-refractivity contribution in [1.82, 2.24) is 25.1 Å². The van der Waals surface area contributed by atoms with Gasteiger partial charge in [0.1, 0.15) is 5.82 Å². The Morgan fingerprint density at radius 1 is 1.14 bits per heavy atom. The maximum absolute atomic E-state index is 13.4. The molecule has 0 unspecified atom stereocenters. The van der Waals surface area contributed by atoms with E-state index in [1.807, 2.05) is 13.8 Å². The van der Waals surface area contributed by atoms with Gasteiger partial charge in [0, 0.05) is 32.1 Å². The van der Waals surface area contributed by atoms with Crippen molar-refractivity contribution < 1.29 is 23.1 Å². The molecule has 0 aliphatic carbocycles. The second kappa shape index (κ2) is 9.47. The van der Waals surface area contributed by atoms with E-state index in [1.165, 1.54) is 10.7 Å². The summed E-state index contributed by atoms with van der Waals surface area (Å²) in [5.74, 6) is 1.10. The van der Waals surface area contributed by atoms with Crippen molar-refractivity contribution in [3.8, 4) is 5.69 Å². The number of rotatable bonds is 5. The summed E-state index contributed by atoms with van der Waals surface area (Å²) in [6, 6.07) is 4.90. The minimum absolute atomic E-state index is 0.00703. The third-order valence-electron chi connectivity index (χ3n) is 7.22. The van der Waals surface area contributed by atoms with Crippen molar-refractivity contribution in [2.45, 2.75) is 57.3 Å². The number of benzene rings is 1. The molecule has 1 aromatic carbocycles. The quantitative estimate of drug-likeness (QED) is 0.475. The Hall–Kier alpha value is -3.41. The Bertz CT molecular complexity index is 1280. The van der Waals surface area contributed by atoms with Gasteiger partial charge in [0.05, 0.1) is 28.4 Å². The molecule has 2 aromatic heterocycles. The van der Waals surface area contributed by atoms with Crippen LogP contribution in [-0.2, 0) is 11.0 Å². The maximum atomic E-state index is 13.4. The summed E-state index contributed by atoms with van der Waals surface area (Å²) < 4.78 is 41.5. The van der Waals surface area contributed by atoms with Crippen LogP contribution in [0.25, 0.3) is 16.7 Å². The lowest BCUT2D eigenvalue weighted by Gasteiger charge is -2.38. The molecule has 9 nitrogen and oxygen atoms in total. The molecule has 2 fully saturated rings. The zero-order valence-corrected chi connectivity index (χ0v) is 20.7. The minimum Gasteiger partial charge on any atom is -0.390 e. The number of amides is 1. The molecule has 3 N–H and O–H groups in total. The number of aliphatic hydroxyl groups is 1. The van der Waals surface area contributed by atoms with Crippen LogP contribution in [0.4, 0.5) is 24.9 Å². The molecule has 2 aliphatic rings. The third kappa shape index (κ3) is 5.34. The number of carbonyl (C=O) groups is 1. The number of piperidine rings is 2. The van der Waals surface area contributed by atoms with Crippen LogP contribution in [0.1, 0.15) is 45.1 Å². The lowest BCUT2D eigenvalue weighted by molar-refractivity contribution is -0.137. The molecule has 1 atom stereocenters. The van der Waals surface area contributed by atoms with E-state index in [0.717, 1.165) is 25.0 Å². The van der Waals surface area contributed by atoms with Crippen LogP contribution in [0.3, 0.4) is 0 Å². The topological polar surface area (TPSA) is 108 Å². The highest BCUT2D eigenvalue weighted by Crippen LogP contribution is 2.35. The molecule has 4 heterocycles. The number of carbonyl (C=O) groups excluding carboxylic acids is 1. The summed E-state index contributed by atoms with van der Waals surface area (Å²) >= 11 is 0. The van der Waals surface area contributed by atoms with Crippen molar-refractivity contribution in [2.24, 2.45) is 5.92 Å². The fourth-order valence-electron chi connectivity index (χ4n) is 5.04. The van der Waals surface area contributed by atoms with E-state index in [0.29, 0.717) is 55.3 Å². The second-order valence-electron chi connectivity index (χ2n) is 10.3. The predicted molar refractivity (Wildman–Crippen MR) is 133 cm³/mol. The van der Waals surface area contributed by atoms with Crippen LogP contribution >= 0.6 is 0 Å². The normalized spacial score (nSPS) is 19.8. The van der Waals surface area contributed by atoms with Gasteiger partial charge in [0.15, 0.2) is 5.65 Å². The van der Waals surface area contributed by atoms with Crippen molar-refractivity contribution in [1.29, 1.82) is 0 Å². The molecule has 2 saturated heterocycles. The largest absolute Gasteiger partial charge is 0.416 e. The van der Waals surface area contributed by atoms with Gasteiger partial charge in [0.2, 0.25) is 11.9 Å². The van der Waals surface area contributed by atoms with Gasteiger partial charge < -0.3 is 20.6 Å². The monoisotopic (exact) mass is 517 g/mol. The summed E-state index contributed by atoms with van der Waals surface area (Å²) in [7, 11) is 0. The first kappa shape index (κ1) is 25.2. The molecule has 0 radical (unpaired) electrons. The highest BCUT2D eigenvalue weighted by molar-refractivity contribution is 5.89. The number of fused-ring (bicyclic) bond motifs is 1. The molecule has 37 heavy (non-hydrogen) atoms. The van der Waals surface area contributed by atoms with E-state index in [9.17, 15) is 23.1 Å². The molecule has 0 saturated carbocycles. The minimum atomic E-state index is -4.48. The van der Waals surface area contributed by atoms with E-state index < -0.39 is 17.3 Å². The highest BCUT2D eigenvalue weighted by Gasteiger charge is 2.33. The van der Waals surface area contributed by atoms with Crippen LogP contribution in [-0.4, -0.2) is 62.0 Å². The first-order chi connectivity index (χ1) is 17.5. The number of alkyl halides is 3. The van der Waals surface area contributed by atoms with Crippen molar-refractivity contribution in [3.63, 3.8) is 0 Å². The Morgan fingerprint density at radius 3 is 2.54 bits per heavy atom. The lowest BCUT2D eigenvalue weighted by Crippen LogP contribution is -2.43. The molecule has 2 aliphatic heterocycles. The molecule has 198 valence electrons. The molecule has 0 spiro atoms. The molecular weight excluding hydrogens is 487 g/mol. The SMILES string of the molecule is CC(C)(O)C1CCN(c2nc(N[C@H]3CCC(=O)NC3)nc3c2cnn3-c2cccc(C(F)(F)F)c2)CC1. The number of anilines is 2. The van der Waals surface area contributed by atoms with Gasteiger partial charge in [-0.05, 0) is 57.2 Å². The van der Waals surface area contributed by atoms with Gasteiger partial charge in [-0.25, -0.2) is 4.68 Å². The first-order valence-corrected chi connectivity index (χ1v) is 12.4. The van der Waals surface area contributed by atoms with E-state index in [2.05, 4.69) is 25.6 Å². The number of hydrogen-bond donors (Lipinski definition) is 3. The molecular formula is C25H30F3N7O2. The Morgan fingerprint density at radius 2 is 1.89 bits per heavy atom. The van der Waals surface area contributed by atoms with Gasteiger partial charge in [0.25, 0.3) is 0 Å². The van der Waals surface area contributed by atoms with E-state index in [1.54, 1.807) is 12.3 Å². The summed E-state index contributed by atoms with van der Waals surface area (Å²) in [6.07, 6.45) is -0.353. The number of nitrogens with zero attached hydrogens (tertiary/aromatic N) is 5. The summed E-state index contributed by atoms with van der Waals surface area (Å²) in [4.78, 5) is 23.1. The molecule has 3 aromatic rings. The van der Waals surface area contributed by atoms with Crippen molar-refractivity contribution in [3.05, 3.63) is 36.0 Å². The number of nitrogens with one attached hydrogen (secondary N) is 2. The van der Waals surface area contributed by atoms with Gasteiger partial charge in [-0.1, -0.05) is 6.07 Å². The smallest absolute Gasteiger partial charge is 0.390 e. The molecule has 1 amide bonds. The Balaban J connectivity index is 1.54. The number of halogens is 3. The fraction of sp³-hybridized carbons (Fsp3) is 0.520. The van der Waals surface area contributed by atoms with Crippen LogP contribution in [0, 0.1) is 5.92 Å². The summed E-state index contributed by atoms with van der Waals surface area (Å²) in [5, 5.41) is 21.6. The first-order valence-electron chi connectivity index (χ1n) is 12.4. The van der Waals surface area contributed by atoms with Gasteiger partial charge >= 0.3 is 6.18 Å². The van der Waals surface area contributed by atoms with E-state index in [4.69, 9.17) is 4.98 Å². The van der Waals surface area contributed by atoms with Crippen LogP contribution in [0.2, 0.25) is 0 Å². The van der Waals surface area contributed by atoms with E-state index in [-0.39, 0.29) is 23.6 Å². The van der Waals surface area contributed by atoms with Crippen LogP contribution in [0.5, 0.6) is 0 Å². The Kier molecular flexibility index (Phi) is 6.47. The Labute approximate surface area is 212 Å². The fourth-order valence-corrected chi connectivity index (χ4v) is 5.04. The van der Waals surface area contributed by atoms with Gasteiger partial charge in [-0.2, -0.15) is 28.2 Å². The predicted octanol–water partition coefficient (Wildman–Crippen LogP) is 3.51. The van der Waals surface area contributed by atoms with Crippen molar-refractivity contribution in [2.75, 3.05) is 29.9 Å². The average molecular weight is 518 g/mol. The summed E-state index contributed by atoms with van der Waals surface area (Å²) in [5.41, 5.74) is -0.921. The number of aromatic nitrogens is 4. The molecule has 12 heteroatoms. The van der Waals surface area contributed by atoms with E-state index >= 15 is 0 Å². The van der Waals surface area contributed by atoms with Crippen LogP contribution < -0.4 is 15.5 Å². The number of hydrogen-bond acceptors (Lipinski definition) is 7.